The van der Waals surface area contributed by atoms with Gasteiger partial charge in [0, 0.05) is 25.6 Å². The van der Waals surface area contributed by atoms with Crippen molar-refractivity contribution in [1.82, 2.24) is 0 Å². The Morgan fingerprint density at radius 1 is 0.972 bits per heavy atom. The Morgan fingerprint density at radius 3 is 2.50 bits per heavy atom. The summed E-state index contributed by atoms with van der Waals surface area (Å²) in [6.45, 7) is 11.6. The molecule has 36 heavy (non-hydrogen) atoms. The van der Waals surface area contributed by atoms with E-state index in [0.29, 0.717) is 0 Å². The quantitative estimate of drug-likeness (QED) is 0.266. The number of benzene rings is 2. The van der Waals surface area contributed by atoms with Crippen LogP contribution < -0.4 is 4.57 Å². The summed E-state index contributed by atoms with van der Waals surface area (Å²) >= 11 is 0. The molecule has 4 aromatic rings. The van der Waals surface area contributed by atoms with E-state index in [1.54, 1.807) is 0 Å². The Kier molecular flexibility index (Phi) is 5.05. The molecule has 0 amide bonds. The molecule has 0 atom stereocenters. The number of aryl methyl sites for hydroxylation is 2. The van der Waals surface area contributed by atoms with E-state index in [1.807, 2.05) is 12.3 Å². The van der Waals surface area contributed by atoms with Crippen LogP contribution in [0.1, 0.15) is 97.6 Å². The molecular weight excluding hydrogens is 438 g/mol. The highest BCUT2D eigenvalue weighted by atomic mass is 16.3. The Morgan fingerprint density at radius 2 is 1.72 bits per heavy atom. The van der Waals surface area contributed by atoms with Gasteiger partial charge in [-0.05, 0) is 71.2 Å². The molecule has 0 N–H and O–H groups in total. The van der Waals surface area contributed by atoms with Crippen LogP contribution in [0, 0.1) is 12.8 Å². The van der Waals surface area contributed by atoms with E-state index in [4.69, 9.17) is 7.16 Å². The van der Waals surface area contributed by atoms with Crippen molar-refractivity contribution in [3.05, 3.63) is 64.8 Å². The molecule has 0 spiro atoms. The van der Waals surface area contributed by atoms with Crippen LogP contribution in [0.4, 0.5) is 0 Å². The van der Waals surface area contributed by atoms with Gasteiger partial charge in [0.1, 0.15) is 18.2 Å². The van der Waals surface area contributed by atoms with E-state index in [1.165, 1.54) is 34.7 Å². The van der Waals surface area contributed by atoms with Gasteiger partial charge in [-0.1, -0.05) is 78.0 Å². The fraction of sp³-hybridized carbons (Fsp3) is 0.500. The van der Waals surface area contributed by atoms with E-state index < -0.39 is 6.37 Å². The third kappa shape index (κ3) is 3.80. The number of aromatic nitrogens is 1. The molecule has 1 fully saturated rings. The fourth-order valence-corrected chi connectivity index (χ4v) is 6.89. The summed E-state index contributed by atoms with van der Waals surface area (Å²) in [6.07, 6.45) is 8.46. The van der Waals surface area contributed by atoms with Gasteiger partial charge in [-0.2, -0.15) is 0 Å². The van der Waals surface area contributed by atoms with Gasteiger partial charge in [0.05, 0.1) is 5.56 Å². The van der Waals surface area contributed by atoms with Crippen molar-refractivity contribution in [1.29, 1.82) is 0 Å². The molecule has 2 aromatic heterocycles. The maximum absolute atomic E-state index is 9.12. The molecular formula is C34H42NO+. The van der Waals surface area contributed by atoms with E-state index >= 15 is 0 Å². The lowest BCUT2D eigenvalue weighted by Gasteiger charge is -2.42. The minimum atomic E-state index is -1.34. The largest absolute Gasteiger partial charge is 0.455 e. The summed E-state index contributed by atoms with van der Waals surface area (Å²) in [5.74, 6) is 0.0806. The van der Waals surface area contributed by atoms with E-state index in [2.05, 4.69) is 76.6 Å². The second kappa shape index (κ2) is 8.47. The molecule has 2 nitrogen and oxygen atoms in total. The van der Waals surface area contributed by atoms with E-state index in [-0.39, 0.29) is 16.7 Å². The molecule has 0 saturated heterocycles. The number of hydrogen-bond donors (Lipinski definition) is 0. The number of furan rings is 1. The highest BCUT2D eigenvalue weighted by molar-refractivity contribution is 6.12. The van der Waals surface area contributed by atoms with Gasteiger partial charge in [-0.15, -0.1) is 0 Å². The van der Waals surface area contributed by atoms with Gasteiger partial charge in [0.2, 0.25) is 5.69 Å². The topological polar surface area (TPSA) is 17.0 Å². The van der Waals surface area contributed by atoms with Crippen molar-refractivity contribution in [2.24, 2.45) is 13.0 Å². The van der Waals surface area contributed by atoms with Crippen molar-refractivity contribution in [2.75, 3.05) is 0 Å². The van der Waals surface area contributed by atoms with Gasteiger partial charge in [-0.3, -0.25) is 0 Å². The van der Waals surface area contributed by atoms with Gasteiger partial charge in [0.25, 0.3) is 0 Å². The first-order valence-electron chi connectivity index (χ1n) is 14.9. The highest BCUT2D eigenvalue weighted by Crippen LogP contribution is 2.51. The van der Waals surface area contributed by atoms with Crippen molar-refractivity contribution in [3.8, 4) is 11.3 Å². The lowest BCUT2D eigenvalue weighted by atomic mass is 9.62. The second-order valence-corrected chi connectivity index (χ2v) is 12.8. The van der Waals surface area contributed by atoms with Crippen molar-refractivity contribution in [3.63, 3.8) is 0 Å². The zero-order chi connectivity index (χ0) is 27.0. The molecule has 0 bridgehead atoms. The molecule has 1 saturated carbocycles. The summed E-state index contributed by atoms with van der Waals surface area (Å²) in [7, 11) is 2.06. The van der Waals surface area contributed by atoms with Crippen LogP contribution in [0.25, 0.3) is 33.2 Å². The average Bonchev–Trinajstić information content (AvgIpc) is 3.26. The van der Waals surface area contributed by atoms with E-state index in [0.717, 1.165) is 65.7 Å². The van der Waals surface area contributed by atoms with Crippen molar-refractivity contribution in [2.45, 2.75) is 96.8 Å². The third-order valence-electron chi connectivity index (χ3n) is 9.18. The molecule has 0 aliphatic heterocycles. The monoisotopic (exact) mass is 482 g/mol. The minimum absolute atomic E-state index is 0.0762. The van der Waals surface area contributed by atoms with Gasteiger partial charge >= 0.3 is 0 Å². The Bertz CT molecular complexity index is 1550. The van der Waals surface area contributed by atoms with Crippen LogP contribution in [0.2, 0.25) is 0 Å². The minimum Gasteiger partial charge on any atom is -0.455 e. The first kappa shape index (κ1) is 21.5. The predicted molar refractivity (Wildman–Crippen MR) is 151 cm³/mol. The first-order valence-corrected chi connectivity index (χ1v) is 13.9. The van der Waals surface area contributed by atoms with Gasteiger partial charge in [0.15, 0.2) is 6.20 Å². The van der Waals surface area contributed by atoms with Crippen molar-refractivity contribution < 1.29 is 11.7 Å². The lowest BCUT2D eigenvalue weighted by molar-refractivity contribution is -0.660. The molecule has 2 aliphatic rings. The maximum atomic E-state index is 9.12. The number of nitrogens with zero attached hydrogens (tertiary/aromatic N) is 1. The van der Waals surface area contributed by atoms with Crippen molar-refractivity contribution >= 4 is 21.9 Å². The van der Waals surface area contributed by atoms with E-state index in [9.17, 15) is 0 Å². The normalized spacial score (nSPS) is 20.8. The second-order valence-electron chi connectivity index (χ2n) is 12.8. The Balaban J connectivity index is 1.60. The highest BCUT2D eigenvalue weighted by Gasteiger charge is 2.39. The molecule has 2 aromatic carbocycles. The first-order chi connectivity index (χ1) is 17.9. The van der Waals surface area contributed by atoms with Gasteiger partial charge in [-0.25, -0.2) is 4.57 Å². The average molecular weight is 483 g/mol. The molecule has 2 heterocycles. The maximum Gasteiger partial charge on any atom is 0.216 e. The van der Waals surface area contributed by atoms with Crippen LogP contribution in [0.5, 0.6) is 0 Å². The molecule has 0 radical (unpaired) electrons. The number of pyridine rings is 1. The van der Waals surface area contributed by atoms with Crippen LogP contribution in [-0.2, 0) is 24.3 Å². The van der Waals surface area contributed by atoms with Crippen LogP contribution >= 0.6 is 0 Å². The lowest BCUT2D eigenvalue weighted by Crippen LogP contribution is -2.33. The number of rotatable bonds is 3. The Labute approximate surface area is 219 Å². The standard InChI is InChI=1S/C34H42NO/c1-22-12-13-25-30-28(15-14-26-31(30)34(4,5)18-17-33(26,2)3)36-32(25)29(22)27-21-24(16-19-35(27)6)20-23-10-8-7-9-11-23/h12-16,19,21,23H,7-11,17-18,20H2,1-6H3/q+1/i20D2. The molecule has 2 heteroatoms. The number of hydrogen-bond acceptors (Lipinski definition) is 1. The molecule has 0 unspecified atom stereocenters. The summed E-state index contributed by atoms with van der Waals surface area (Å²) in [5, 5.41) is 2.43. The summed E-state index contributed by atoms with van der Waals surface area (Å²) in [5.41, 5.74) is 8.98. The summed E-state index contributed by atoms with van der Waals surface area (Å²) in [4.78, 5) is 0. The zero-order valence-electron chi connectivity index (χ0n) is 24.9. The molecule has 6 rings (SSSR count). The summed E-state index contributed by atoms with van der Waals surface area (Å²) < 4.78 is 27.1. The van der Waals surface area contributed by atoms with Gasteiger partial charge < -0.3 is 4.42 Å². The smallest absolute Gasteiger partial charge is 0.216 e. The zero-order valence-corrected chi connectivity index (χ0v) is 22.9. The third-order valence-corrected chi connectivity index (χ3v) is 9.18. The summed E-state index contributed by atoms with van der Waals surface area (Å²) in [6, 6.07) is 13.0. The van der Waals surface area contributed by atoms with Crippen LogP contribution in [0.3, 0.4) is 0 Å². The predicted octanol–water partition coefficient (Wildman–Crippen LogP) is 8.86. The number of fused-ring (bicyclic) bond motifs is 5. The molecule has 188 valence electrons. The fourth-order valence-electron chi connectivity index (χ4n) is 6.89. The molecule has 2 aliphatic carbocycles. The SMILES string of the molecule is [2H]C([2H])(c1cc[n+](C)c(-c2c(C)ccc3c2oc2ccc4c(c23)C(C)(C)CCC4(C)C)c1)C1CCCCC1. The Hall–Kier alpha value is -2.61. The van der Waals surface area contributed by atoms with Crippen LogP contribution in [-0.4, -0.2) is 0 Å². The van der Waals surface area contributed by atoms with Crippen LogP contribution in [0.15, 0.2) is 47.0 Å².